The van der Waals surface area contributed by atoms with Crippen LogP contribution < -0.4 is 0 Å². The Bertz CT molecular complexity index is 336. The number of hydrogen-bond donors (Lipinski definition) is 0. The molecular formula is C10H17NO5Si. The van der Waals surface area contributed by atoms with Crippen molar-refractivity contribution in [2.24, 2.45) is 0 Å². The molecule has 0 N–H and O–H groups in total. The maximum Gasteiger partial charge on any atom is 0.533 e. The molecule has 1 saturated heterocycles. The molecule has 1 aliphatic rings. The topological polar surface area (TPSA) is 72.9 Å². The van der Waals surface area contributed by atoms with Crippen LogP contribution in [0.5, 0.6) is 0 Å². The van der Waals surface area contributed by atoms with E-state index in [2.05, 4.69) is 24.5 Å². The lowest BCUT2D eigenvalue weighted by Crippen LogP contribution is -2.31. The molecule has 1 rings (SSSR count). The summed E-state index contributed by atoms with van der Waals surface area (Å²) in [6, 6.07) is 0.828. The van der Waals surface area contributed by atoms with E-state index < -0.39 is 25.9 Å². The van der Waals surface area contributed by atoms with E-state index in [4.69, 9.17) is 4.74 Å². The van der Waals surface area contributed by atoms with E-state index in [0.717, 1.165) is 11.1 Å². The van der Waals surface area contributed by atoms with Crippen LogP contribution in [0.15, 0.2) is 0 Å². The van der Waals surface area contributed by atoms with Crippen LogP contribution in [0.4, 0.5) is 4.79 Å². The summed E-state index contributed by atoms with van der Waals surface area (Å²) in [6.45, 7) is 6.87. The number of hydroxylamine groups is 2. The van der Waals surface area contributed by atoms with Gasteiger partial charge in [0.05, 0.1) is 13.2 Å². The lowest BCUT2D eigenvalue weighted by Gasteiger charge is -2.16. The Kier molecular flexibility index (Phi) is 4.27. The maximum absolute atomic E-state index is 11.2. The van der Waals surface area contributed by atoms with Gasteiger partial charge in [0.25, 0.3) is 0 Å². The van der Waals surface area contributed by atoms with Crippen LogP contribution in [-0.4, -0.2) is 44.1 Å². The largest absolute Gasteiger partial charge is 0.533 e. The Labute approximate surface area is 101 Å². The highest BCUT2D eigenvalue weighted by atomic mass is 28.3. The molecule has 1 amide bonds. The fourth-order valence-electron chi connectivity index (χ4n) is 1.19. The van der Waals surface area contributed by atoms with Gasteiger partial charge >= 0.3 is 12.1 Å². The Morgan fingerprint density at radius 3 is 2.47 bits per heavy atom. The summed E-state index contributed by atoms with van der Waals surface area (Å²) in [5.41, 5.74) is 0. The monoisotopic (exact) mass is 259 g/mol. The number of Topliss-reactive ketones (excluding diaryl/α,β-unsaturated/α-hetero) is 1. The zero-order valence-corrected chi connectivity index (χ0v) is 11.3. The average Bonchev–Trinajstić information content (AvgIpc) is 2.47. The van der Waals surface area contributed by atoms with Gasteiger partial charge < -0.3 is 9.57 Å². The predicted octanol–water partition coefficient (Wildman–Crippen LogP) is 1.19. The van der Waals surface area contributed by atoms with Gasteiger partial charge in [-0.1, -0.05) is 19.6 Å². The molecule has 0 aromatic heterocycles. The molecule has 1 aliphatic heterocycles. The molecule has 0 aliphatic carbocycles. The molecule has 1 heterocycles. The van der Waals surface area contributed by atoms with Crippen molar-refractivity contribution in [2.75, 3.05) is 13.2 Å². The lowest BCUT2D eigenvalue weighted by molar-refractivity contribution is -0.167. The first-order chi connectivity index (χ1) is 7.79. The predicted molar refractivity (Wildman–Crippen MR) is 61.9 cm³/mol. The zero-order valence-electron chi connectivity index (χ0n) is 10.3. The van der Waals surface area contributed by atoms with Crippen LogP contribution in [0.1, 0.15) is 6.42 Å². The van der Waals surface area contributed by atoms with Gasteiger partial charge in [0.2, 0.25) is 5.78 Å². The van der Waals surface area contributed by atoms with Crippen molar-refractivity contribution in [3.8, 4) is 0 Å². The van der Waals surface area contributed by atoms with Crippen LogP contribution in [0.2, 0.25) is 25.7 Å². The minimum absolute atomic E-state index is 0.0843. The van der Waals surface area contributed by atoms with Gasteiger partial charge in [0, 0.05) is 14.5 Å². The van der Waals surface area contributed by atoms with Gasteiger partial charge in [-0.25, -0.2) is 4.79 Å². The smallest absolute Gasteiger partial charge is 0.433 e. The highest BCUT2D eigenvalue weighted by Gasteiger charge is 2.33. The first-order valence-corrected chi connectivity index (χ1v) is 9.20. The van der Waals surface area contributed by atoms with E-state index in [1.807, 2.05) is 0 Å². The van der Waals surface area contributed by atoms with Gasteiger partial charge in [-0.2, -0.15) is 5.06 Å². The minimum Gasteiger partial charge on any atom is -0.433 e. The lowest BCUT2D eigenvalue weighted by atomic mass is 10.3. The molecule has 17 heavy (non-hydrogen) atoms. The number of carbonyl (C=O) groups excluding carboxylic acids is 3. The van der Waals surface area contributed by atoms with E-state index in [9.17, 15) is 14.4 Å². The third kappa shape index (κ3) is 4.56. The van der Waals surface area contributed by atoms with Gasteiger partial charge in [-0.05, 0) is 6.04 Å². The molecule has 0 radical (unpaired) electrons. The van der Waals surface area contributed by atoms with Crippen molar-refractivity contribution in [1.82, 2.24) is 5.06 Å². The quantitative estimate of drug-likeness (QED) is 0.431. The van der Waals surface area contributed by atoms with E-state index in [1.54, 1.807) is 0 Å². The zero-order chi connectivity index (χ0) is 13.1. The number of nitrogens with zero attached hydrogens (tertiary/aromatic N) is 1. The number of rotatable bonds is 4. The molecule has 96 valence electrons. The fourth-order valence-corrected chi connectivity index (χ4v) is 1.91. The third-order valence-corrected chi connectivity index (χ3v) is 3.97. The molecule has 0 bridgehead atoms. The van der Waals surface area contributed by atoms with Crippen molar-refractivity contribution >= 4 is 25.9 Å². The molecule has 0 aromatic carbocycles. The molecule has 0 aromatic rings. The van der Waals surface area contributed by atoms with Crippen molar-refractivity contribution in [3.63, 3.8) is 0 Å². The Balaban J connectivity index is 2.26. The molecule has 7 heteroatoms. The van der Waals surface area contributed by atoms with E-state index in [1.165, 1.54) is 0 Å². The van der Waals surface area contributed by atoms with E-state index in [-0.39, 0.29) is 19.6 Å². The molecule has 0 spiro atoms. The summed E-state index contributed by atoms with van der Waals surface area (Å²) in [5.74, 6) is -1.33. The van der Waals surface area contributed by atoms with E-state index >= 15 is 0 Å². The van der Waals surface area contributed by atoms with Crippen LogP contribution in [0, 0.1) is 0 Å². The number of carbonyl (C=O) groups is 3. The van der Waals surface area contributed by atoms with Crippen molar-refractivity contribution in [3.05, 3.63) is 0 Å². The average molecular weight is 259 g/mol. The molecule has 0 unspecified atom stereocenters. The summed E-state index contributed by atoms with van der Waals surface area (Å²) in [5, 5.41) is 0.749. The molecule has 6 nitrogen and oxygen atoms in total. The second-order valence-corrected chi connectivity index (χ2v) is 10.7. The summed E-state index contributed by atoms with van der Waals surface area (Å²) in [6.07, 6.45) is -0.840. The summed E-state index contributed by atoms with van der Waals surface area (Å²) < 4.78 is 4.83. The van der Waals surface area contributed by atoms with Gasteiger partial charge in [-0.3, -0.25) is 9.59 Å². The molecule has 1 fully saturated rings. The number of hydrogen-bond acceptors (Lipinski definition) is 5. The van der Waals surface area contributed by atoms with Gasteiger partial charge in [-0.15, -0.1) is 0 Å². The molecular weight excluding hydrogens is 242 g/mol. The van der Waals surface area contributed by atoms with E-state index in [0.29, 0.717) is 0 Å². The summed E-state index contributed by atoms with van der Waals surface area (Å²) in [7, 11) is -1.26. The molecule has 0 saturated carbocycles. The normalized spacial score (nSPS) is 16.3. The van der Waals surface area contributed by atoms with Crippen LogP contribution in [-0.2, 0) is 19.2 Å². The Morgan fingerprint density at radius 1 is 1.35 bits per heavy atom. The SMILES string of the molecule is C[Si](C)(C)CCOC(=O)ON1CCC(=O)C1=O. The van der Waals surface area contributed by atoms with Crippen molar-refractivity contribution in [2.45, 2.75) is 32.1 Å². The Hall–Kier alpha value is -1.37. The first-order valence-electron chi connectivity index (χ1n) is 5.49. The first kappa shape index (κ1) is 13.7. The minimum atomic E-state index is -1.26. The fraction of sp³-hybridized carbons (Fsp3) is 0.700. The molecule has 0 atom stereocenters. The summed E-state index contributed by atoms with van der Waals surface area (Å²) in [4.78, 5) is 37.8. The Morgan fingerprint density at radius 2 is 2.00 bits per heavy atom. The highest BCUT2D eigenvalue weighted by molar-refractivity contribution is 6.76. The second kappa shape index (κ2) is 5.31. The number of ketones is 1. The number of amides is 1. The standard InChI is InChI=1S/C10H17NO5Si/c1-17(2,3)7-6-15-10(14)16-11-5-4-8(12)9(11)13/h4-7H2,1-3H3. The van der Waals surface area contributed by atoms with Crippen molar-refractivity contribution in [1.29, 1.82) is 0 Å². The second-order valence-electron chi connectivity index (χ2n) is 5.08. The summed E-state index contributed by atoms with van der Waals surface area (Å²) >= 11 is 0. The maximum atomic E-state index is 11.2. The van der Waals surface area contributed by atoms with Crippen LogP contribution in [0.3, 0.4) is 0 Å². The number of ether oxygens (including phenoxy) is 1. The van der Waals surface area contributed by atoms with Crippen LogP contribution >= 0.6 is 0 Å². The third-order valence-electron chi connectivity index (χ3n) is 2.26. The van der Waals surface area contributed by atoms with Crippen molar-refractivity contribution < 1.29 is 24.0 Å². The highest BCUT2D eigenvalue weighted by Crippen LogP contribution is 2.10. The van der Waals surface area contributed by atoms with Gasteiger partial charge in [0.1, 0.15) is 0 Å². The van der Waals surface area contributed by atoms with Crippen LogP contribution in [0.25, 0.3) is 0 Å². The van der Waals surface area contributed by atoms with Gasteiger partial charge in [0.15, 0.2) is 0 Å².